The zero-order valence-electron chi connectivity index (χ0n) is 15.5. The summed E-state index contributed by atoms with van der Waals surface area (Å²) in [5.74, 6) is 0. The number of anilines is 2. The van der Waals surface area contributed by atoms with E-state index in [0.717, 1.165) is 0 Å². The number of halogens is 2. The fraction of sp³-hybridized carbons (Fsp3) is 0. The van der Waals surface area contributed by atoms with Gasteiger partial charge in [-0.1, -0.05) is 47.5 Å². The van der Waals surface area contributed by atoms with E-state index in [2.05, 4.69) is 9.44 Å². The van der Waals surface area contributed by atoms with Crippen molar-refractivity contribution in [1.82, 2.24) is 0 Å². The van der Waals surface area contributed by atoms with Gasteiger partial charge in [-0.05, 0) is 42.5 Å². The standard InChI is InChI=1S/C20H14Cl2N2O5S2/c21-14-5-3-6-16(11-14)30(25,26)23-17-9-8-15(22)12-18(17)24-31(27,28)20-10-13-4-1-2-7-19(13)29-20/h1-12,23-24H. The van der Waals surface area contributed by atoms with E-state index >= 15 is 0 Å². The van der Waals surface area contributed by atoms with Crippen molar-refractivity contribution in [2.75, 3.05) is 9.44 Å². The molecule has 0 spiro atoms. The van der Waals surface area contributed by atoms with Crippen LogP contribution in [0.25, 0.3) is 11.0 Å². The van der Waals surface area contributed by atoms with Crippen LogP contribution in [0.1, 0.15) is 0 Å². The molecule has 0 amide bonds. The Labute approximate surface area is 188 Å². The largest absolute Gasteiger partial charge is 0.443 e. The molecule has 0 unspecified atom stereocenters. The van der Waals surface area contributed by atoms with Gasteiger partial charge in [0.05, 0.1) is 16.3 Å². The van der Waals surface area contributed by atoms with Gasteiger partial charge in [-0.3, -0.25) is 9.44 Å². The van der Waals surface area contributed by atoms with Gasteiger partial charge in [-0.15, -0.1) is 0 Å². The maximum absolute atomic E-state index is 12.9. The Morgan fingerprint density at radius 3 is 2.13 bits per heavy atom. The molecular formula is C20H14Cl2N2O5S2. The summed E-state index contributed by atoms with van der Waals surface area (Å²) in [7, 11) is -8.22. The molecule has 0 fully saturated rings. The molecule has 0 atom stereocenters. The quantitative estimate of drug-likeness (QED) is 0.374. The Hall–Kier alpha value is -2.72. The molecule has 0 radical (unpaired) electrons. The van der Waals surface area contributed by atoms with Crippen molar-refractivity contribution in [2.45, 2.75) is 9.99 Å². The third-order valence-electron chi connectivity index (χ3n) is 4.24. The molecule has 4 aromatic rings. The maximum Gasteiger partial charge on any atom is 0.295 e. The monoisotopic (exact) mass is 496 g/mol. The predicted octanol–water partition coefficient (Wildman–Crippen LogP) is 5.34. The lowest BCUT2D eigenvalue weighted by Gasteiger charge is -2.14. The molecule has 2 N–H and O–H groups in total. The Bertz CT molecular complexity index is 1470. The van der Waals surface area contributed by atoms with E-state index in [-0.39, 0.29) is 31.4 Å². The third kappa shape index (κ3) is 4.64. The Morgan fingerprint density at radius 1 is 0.677 bits per heavy atom. The molecule has 4 rings (SSSR count). The number of furan rings is 1. The minimum Gasteiger partial charge on any atom is -0.443 e. The Kier molecular flexibility index (Phi) is 5.61. The molecular weight excluding hydrogens is 483 g/mol. The van der Waals surface area contributed by atoms with E-state index in [1.807, 2.05) is 0 Å². The van der Waals surface area contributed by atoms with Crippen LogP contribution in [0.5, 0.6) is 0 Å². The van der Waals surface area contributed by atoms with E-state index in [0.29, 0.717) is 11.0 Å². The Morgan fingerprint density at radius 2 is 1.39 bits per heavy atom. The first-order valence-electron chi connectivity index (χ1n) is 8.73. The van der Waals surface area contributed by atoms with Gasteiger partial charge in [0.1, 0.15) is 5.58 Å². The van der Waals surface area contributed by atoms with Gasteiger partial charge in [0, 0.05) is 21.5 Å². The average Bonchev–Trinajstić information content (AvgIpc) is 3.15. The first-order chi connectivity index (χ1) is 14.6. The highest BCUT2D eigenvalue weighted by Gasteiger charge is 2.23. The van der Waals surface area contributed by atoms with Crippen LogP contribution >= 0.6 is 23.2 Å². The van der Waals surface area contributed by atoms with Gasteiger partial charge >= 0.3 is 0 Å². The van der Waals surface area contributed by atoms with Crippen LogP contribution in [0.4, 0.5) is 11.4 Å². The van der Waals surface area contributed by atoms with Crippen molar-refractivity contribution in [2.24, 2.45) is 0 Å². The van der Waals surface area contributed by atoms with Gasteiger partial charge in [0.15, 0.2) is 0 Å². The summed E-state index contributed by atoms with van der Waals surface area (Å²) in [4.78, 5) is -0.0824. The van der Waals surface area contributed by atoms with Crippen LogP contribution in [0, 0.1) is 0 Å². The van der Waals surface area contributed by atoms with Crippen LogP contribution in [0.3, 0.4) is 0 Å². The lowest BCUT2D eigenvalue weighted by Crippen LogP contribution is -2.17. The number of benzene rings is 3. The number of rotatable bonds is 6. The van der Waals surface area contributed by atoms with Crippen molar-refractivity contribution in [3.05, 3.63) is 82.8 Å². The number of nitrogens with one attached hydrogen (secondary N) is 2. The van der Waals surface area contributed by atoms with Crippen LogP contribution < -0.4 is 9.44 Å². The highest BCUT2D eigenvalue weighted by atomic mass is 35.5. The van der Waals surface area contributed by atoms with Gasteiger partial charge in [0.2, 0.25) is 5.09 Å². The first-order valence-corrected chi connectivity index (χ1v) is 12.5. The summed E-state index contributed by atoms with van der Waals surface area (Å²) >= 11 is 11.9. The molecule has 0 saturated heterocycles. The first kappa shape index (κ1) is 21.5. The second-order valence-electron chi connectivity index (χ2n) is 6.46. The van der Waals surface area contributed by atoms with Gasteiger partial charge in [-0.25, -0.2) is 8.42 Å². The molecule has 160 valence electrons. The zero-order valence-corrected chi connectivity index (χ0v) is 18.7. The summed E-state index contributed by atoms with van der Waals surface area (Å²) in [6, 6.07) is 17.9. The molecule has 0 aliphatic heterocycles. The lowest BCUT2D eigenvalue weighted by atomic mass is 10.3. The number of fused-ring (bicyclic) bond motifs is 1. The molecule has 11 heteroatoms. The highest BCUT2D eigenvalue weighted by molar-refractivity contribution is 7.93. The molecule has 7 nitrogen and oxygen atoms in total. The number of para-hydroxylation sites is 1. The smallest absolute Gasteiger partial charge is 0.295 e. The average molecular weight is 497 g/mol. The summed E-state index contributed by atoms with van der Waals surface area (Å²) in [5.41, 5.74) is 0.304. The topological polar surface area (TPSA) is 105 Å². The maximum atomic E-state index is 12.9. The minimum atomic E-state index is -4.17. The zero-order chi connectivity index (χ0) is 22.2. The van der Waals surface area contributed by atoms with E-state index in [1.165, 1.54) is 48.5 Å². The van der Waals surface area contributed by atoms with Crippen molar-refractivity contribution in [1.29, 1.82) is 0 Å². The molecule has 0 aliphatic rings. The lowest BCUT2D eigenvalue weighted by molar-refractivity contribution is 0.484. The van der Waals surface area contributed by atoms with Crippen molar-refractivity contribution in [3.63, 3.8) is 0 Å². The number of hydrogen-bond donors (Lipinski definition) is 2. The van der Waals surface area contributed by atoms with Crippen molar-refractivity contribution < 1.29 is 21.3 Å². The SMILES string of the molecule is O=S(=O)(Nc1ccc(Cl)cc1NS(=O)(=O)c1cc2ccccc2o1)c1cccc(Cl)c1. The van der Waals surface area contributed by atoms with Crippen LogP contribution in [-0.2, 0) is 20.0 Å². The van der Waals surface area contributed by atoms with E-state index in [1.54, 1.807) is 24.3 Å². The van der Waals surface area contributed by atoms with Crippen molar-refractivity contribution in [3.8, 4) is 0 Å². The van der Waals surface area contributed by atoms with Crippen LogP contribution in [0.15, 0.2) is 87.2 Å². The molecule has 31 heavy (non-hydrogen) atoms. The fourth-order valence-corrected chi connectivity index (χ4v) is 5.41. The molecule has 1 aromatic heterocycles. The van der Waals surface area contributed by atoms with E-state index < -0.39 is 20.0 Å². The molecule has 0 aliphatic carbocycles. The van der Waals surface area contributed by atoms with Crippen LogP contribution in [0.2, 0.25) is 10.0 Å². The van der Waals surface area contributed by atoms with Gasteiger partial charge < -0.3 is 4.42 Å². The second-order valence-corrected chi connectivity index (χ2v) is 10.6. The fourth-order valence-electron chi connectivity index (χ4n) is 2.81. The minimum absolute atomic E-state index is 0.0240. The number of hydrogen-bond acceptors (Lipinski definition) is 5. The normalized spacial score (nSPS) is 12.1. The van der Waals surface area contributed by atoms with E-state index in [4.69, 9.17) is 27.6 Å². The summed E-state index contributed by atoms with van der Waals surface area (Å²) in [6.07, 6.45) is 0. The summed E-state index contributed by atoms with van der Waals surface area (Å²) in [5, 5.41) is 0.728. The highest BCUT2D eigenvalue weighted by Crippen LogP contribution is 2.31. The van der Waals surface area contributed by atoms with E-state index in [9.17, 15) is 16.8 Å². The molecule has 0 saturated carbocycles. The third-order valence-corrected chi connectivity index (χ3v) is 7.30. The Balaban J connectivity index is 1.70. The predicted molar refractivity (Wildman–Crippen MR) is 121 cm³/mol. The second kappa shape index (κ2) is 8.08. The van der Waals surface area contributed by atoms with Crippen LogP contribution in [-0.4, -0.2) is 16.8 Å². The van der Waals surface area contributed by atoms with Gasteiger partial charge in [0.25, 0.3) is 20.0 Å². The number of sulfonamides is 2. The molecule has 3 aromatic carbocycles. The molecule has 1 heterocycles. The summed E-state index contributed by atoms with van der Waals surface area (Å²) in [6.45, 7) is 0. The molecule has 0 bridgehead atoms. The van der Waals surface area contributed by atoms with Gasteiger partial charge in [-0.2, -0.15) is 8.42 Å². The summed E-state index contributed by atoms with van der Waals surface area (Å²) < 4.78 is 61.3. The van der Waals surface area contributed by atoms with Crippen molar-refractivity contribution >= 4 is 65.6 Å².